The van der Waals surface area contributed by atoms with E-state index >= 15 is 4.39 Å². The van der Waals surface area contributed by atoms with Crippen molar-refractivity contribution in [2.45, 2.75) is 17.1 Å². The summed E-state index contributed by atoms with van der Waals surface area (Å²) < 4.78 is 45.2. The van der Waals surface area contributed by atoms with Crippen molar-refractivity contribution in [1.82, 2.24) is 19.4 Å². The van der Waals surface area contributed by atoms with E-state index in [1.165, 1.54) is 12.4 Å². The summed E-state index contributed by atoms with van der Waals surface area (Å²) in [6, 6.07) is 4.70. The number of amides is 1. The van der Waals surface area contributed by atoms with E-state index in [9.17, 15) is 13.2 Å². The van der Waals surface area contributed by atoms with Crippen LogP contribution in [0.5, 0.6) is 0 Å². The van der Waals surface area contributed by atoms with Crippen LogP contribution in [0.2, 0.25) is 0 Å². The number of carbonyl (C=O) groups is 1. The molecule has 0 radical (unpaired) electrons. The van der Waals surface area contributed by atoms with Crippen molar-refractivity contribution in [3.63, 3.8) is 0 Å². The highest BCUT2D eigenvalue weighted by Gasteiger charge is 2.24. The molecule has 1 saturated heterocycles. The summed E-state index contributed by atoms with van der Waals surface area (Å²) in [5, 5.41) is 1.66. The molecular weight excluding hydrogens is 441 g/mol. The molecule has 1 fully saturated rings. The molecule has 0 bridgehead atoms. The van der Waals surface area contributed by atoms with Crippen molar-refractivity contribution in [3.8, 4) is 0 Å². The van der Waals surface area contributed by atoms with Crippen LogP contribution in [0.1, 0.15) is 12.0 Å². The average molecular weight is 466 g/mol. The normalized spacial score (nSPS) is 15.5. The third kappa shape index (κ3) is 4.43. The first-order valence-corrected chi connectivity index (χ1v) is 12.3. The standard InChI is InChI=1S/C20H24FN5O3S2/c1-24-7-9-26(10-8-24)17(27)6-5-14-15(23-31(28,29)18-4-3-11-30-18)12-16-20(19(14)21)22-13-25(16)2/h3-4,11-13,23H,5-10H2,1-2H3. The Kier molecular flexibility index (Phi) is 6.00. The van der Waals surface area contributed by atoms with Gasteiger partial charge in [0.1, 0.15) is 9.73 Å². The molecular formula is C20H24FN5O3S2. The fourth-order valence-corrected chi connectivity index (χ4v) is 5.73. The Morgan fingerprint density at radius 3 is 2.68 bits per heavy atom. The molecule has 1 N–H and O–H groups in total. The number of imidazole rings is 1. The molecule has 1 aliphatic heterocycles. The van der Waals surface area contributed by atoms with Crippen LogP contribution >= 0.6 is 11.3 Å². The van der Waals surface area contributed by atoms with Gasteiger partial charge in [0.25, 0.3) is 10.0 Å². The highest BCUT2D eigenvalue weighted by molar-refractivity contribution is 7.94. The van der Waals surface area contributed by atoms with Gasteiger partial charge in [-0.3, -0.25) is 9.52 Å². The maximum Gasteiger partial charge on any atom is 0.271 e. The fourth-order valence-electron chi connectivity index (χ4n) is 3.66. The number of fused-ring (bicyclic) bond motifs is 1. The molecule has 3 heterocycles. The molecule has 1 amide bonds. The van der Waals surface area contributed by atoms with Crippen LogP contribution in [0, 0.1) is 5.82 Å². The van der Waals surface area contributed by atoms with Gasteiger partial charge in [0.05, 0.1) is 17.5 Å². The number of carbonyl (C=O) groups excluding carboxylic acids is 1. The van der Waals surface area contributed by atoms with Gasteiger partial charge in [0.2, 0.25) is 5.91 Å². The number of hydrogen-bond donors (Lipinski definition) is 1. The van der Waals surface area contributed by atoms with Gasteiger partial charge in [0, 0.05) is 45.2 Å². The molecule has 8 nitrogen and oxygen atoms in total. The van der Waals surface area contributed by atoms with Crippen LogP contribution in [0.3, 0.4) is 0 Å². The lowest BCUT2D eigenvalue weighted by Gasteiger charge is -2.32. The van der Waals surface area contributed by atoms with Crippen LogP contribution < -0.4 is 4.72 Å². The van der Waals surface area contributed by atoms with Gasteiger partial charge in [-0.05, 0) is 31.0 Å². The summed E-state index contributed by atoms with van der Waals surface area (Å²) >= 11 is 1.08. The van der Waals surface area contributed by atoms with Crippen LogP contribution in [0.15, 0.2) is 34.1 Å². The summed E-state index contributed by atoms with van der Waals surface area (Å²) in [6.45, 7) is 2.86. The van der Waals surface area contributed by atoms with Crippen molar-refractivity contribution in [2.24, 2.45) is 7.05 Å². The second-order valence-corrected chi connectivity index (χ2v) is 10.5. The second kappa shape index (κ2) is 8.56. The van der Waals surface area contributed by atoms with Gasteiger partial charge in [-0.1, -0.05) is 6.07 Å². The number of anilines is 1. The van der Waals surface area contributed by atoms with Gasteiger partial charge in [-0.25, -0.2) is 17.8 Å². The third-order valence-corrected chi connectivity index (χ3v) is 8.27. The van der Waals surface area contributed by atoms with Crippen molar-refractivity contribution >= 4 is 44.0 Å². The molecule has 0 saturated carbocycles. The molecule has 1 aliphatic rings. The minimum atomic E-state index is -3.87. The van der Waals surface area contributed by atoms with Gasteiger partial charge in [0.15, 0.2) is 5.82 Å². The number of benzene rings is 1. The predicted octanol–water partition coefficient (Wildman–Crippen LogP) is 2.28. The Morgan fingerprint density at radius 1 is 1.26 bits per heavy atom. The number of rotatable bonds is 6. The van der Waals surface area contributed by atoms with Crippen molar-refractivity contribution in [2.75, 3.05) is 37.9 Å². The van der Waals surface area contributed by atoms with E-state index in [-0.39, 0.29) is 39.7 Å². The van der Waals surface area contributed by atoms with Crippen molar-refractivity contribution < 1.29 is 17.6 Å². The van der Waals surface area contributed by atoms with E-state index in [1.54, 1.807) is 34.0 Å². The SMILES string of the molecule is CN1CCN(C(=O)CCc2c(NS(=O)(=O)c3cccs3)cc3c(ncn3C)c2F)CC1. The predicted molar refractivity (Wildman–Crippen MR) is 118 cm³/mol. The van der Waals surface area contributed by atoms with Gasteiger partial charge in [-0.15, -0.1) is 11.3 Å². The number of thiophene rings is 1. The monoisotopic (exact) mass is 465 g/mol. The Balaban J connectivity index is 1.64. The number of aromatic nitrogens is 2. The molecule has 3 aromatic rings. The molecule has 0 atom stereocenters. The van der Waals surface area contributed by atoms with Gasteiger partial charge >= 0.3 is 0 Å². The lowest BCUT2D eigenvalue weighted by molar-refractivity contribution is -0.132. The minimum Gasteiger partial charge on any atom is -0.340 e. The number of nitrogens with zero attached hydrogens (tertiary/aromatic N) is 4. The summed E-state index contributed by atoms with van der Waals surface area (Å²) in [7, 11) is -0.151. The van der Waals surface area contributed by atoms with E-state index in [1.807, 2.05) is 7.05 Å². The summed E-state index contributed by atoms with van der Waals surface area (Å²) in [6.07, 6.45) is 1.64. The van der Waals surface area contributed by atoms with Crippen molar-refractivity contribution in [1.29, 1.82) is 0 Å². The zero-order valence-corrected chi connectivity index (χ0v) is 19.0. The lowest BCUT2D eigenvalue weighted by Crippen LogP contribution is -2.47. The van der Waals surface area contributed by atoms with E-state index in [0.717, 1.165) is 24.4 Å². The fraction of sp³-hybridized carbons (Fsp3) is 0.400. The van der Waals surface area contributed by atoms with E-state index in [0.29, 0.717) is 18.6 Å². The topological polar surface area (TPSA) is 87.5 Å². The van der Waals surface area contributed by atoms with Crippen LogP contribution in [-0.4, -0.2) is 66.9 Å². The van der Waals surface area contributed by atoms with Crippen LogP contribution in [0.25, 0.3) is 11.0 Å². The van der Waals surface area contributed by atoms with Crippen molar-refractivity contribution in [3.05, 3.63) is 41.3 Å². The minimum absolute atomic E-state index is 0.0688. The number of nitrogens with one attached hydrogen (secondary N) is 1. The lowest BCUT2D eigenvalue weighted by atomic mass is 10.0. The quantitative estimate of drug-likeness (QED) is 0.604. The largest absolute Gasteiger partial charge is 0.340 e. The number of hydrogen-bond acceptors (Lipinski definition) is 6. The first kappa shape index (κ1) is 21.7. The Labute approximate surface area is 184 Å². The summed E-state index contributed by atoms with van der Waals surface area (Å²) in [4.78, 5) is 20.7. The van der Waals surface area contributed by atoms with E-state index < -0.39 is 15.8 Å². The van der Waals surface area contributed by atoms with Crippen LogP contribution in [-0.2, 0) is 28.3 Å². The number of aryl methyl sites for hydroxylation is 1. The Bertz CT molecular complexity index is 1200. The molecule has 0 aliphatic carbocycles. The number of sulfonamides is 1. The Hall–Kier alpha value is -2.50. The average Bonchev–Trinajstić information content (AvgIpc) is 3.39. The molecule has 2 aromatic heterocycles. The van der Waals surface area contributed by atoms with E-state index in [2.05, 4.69) is 14.6 Å². The highest BCUT2D eigenvalue weighted by Crippen LogP contribution is 2.31. The first-order chi connectivity index (χ1) is 14.8. The second-order valence-electron chi connectivity index (χ2n) is 7.66. The van der Waals surface area contributed by atoms with Gasteiger partial charge in [-0.2, -0.15) is 0 Å². The molecule has 4 rings (SSSR count). The number of piperazine rings is 1. The first-order valence-electron chi connectivity index (χ1n) is 9.91. The zero-order chi connectivity index (χ0) is 22.2. The van der Waals surface area contributed by atoms with Crippen LogP contribution in [0.4, 0.5) is 10.1 Å². The molecule has 166 valence electrons. The summed E-state index contributed by atoms with van der Waals surface area (Å²) in [5.41, 5.74) is 0.904. The molecule has 11 heteroatoms. The zero-order valence-electron chi connectivity index (χ0n) is 17.3. The molecule has 31 heavy (non-hydrogen) atoms. The Morgan fingerprint density at radius 2 is 2.00 bits per heavy atom. The smallest absolute Gasteiger partial charge is 0.271 e. The van der Waals surface area contributed by atoms with E-state index in [4.69, 9.17) is 0 Å². The highest BCUT2D eigenvalue weighted by atomic mass is 32.2. The van der Waals surface area contributed by atoms with Gasteiger partial charge < -0.3 is 14.4 Å². The maximum atomic E-state index is 15.4. The molecule has 0 unspecified atom stereocenters. The summed E-state index contributed by atoms with van der Waals surface area (Å²) in [5.74, 6) is -0.672. The number of halogens is 1. The molecule has 1 aromatic carbocycles. The third-order valence-electron chi connectivity index (χ3n) is 5.51. The number of likely N-dealkylation sites (N-methyl/N-ethyl adjacent to an activating group) is 1. The maximum absolute atomic E-state index is 15.4. The molecule has 0 spiro atoms.